The number of nitrogens with zero attached hydrogens (tertiary/aromatic N) is 4. The number of aryl methyl sites for hydroxylation is 2. The van der Waals surface area contributed by atoms with Gasteiger partial charge in [0, 0.05) is 19.6 Å². The molecule has 0 radical (unpaired) electrons. The normalized spacial score (nSPS) is 10.4. The van der Waals surface area contributed by atoms with Gasteiger partial charge in [-0.3, -0.25) is 14.9 Å². The summed E-state index contributed by atoms with van der Waals surface area (Å²) in [7, 11) is 1.32. The van der Waals surface area contributed by atoms with Crippen molar-refractivity contribution in [1.29, 1.82) is 0 Å². The molecule has 0 aliphatic heterocycles. The first kappa shape index (κ1) is 15.9. The zero-order valence-corrected chi connectivity index (χ0v) is 12.3. The molecule has 1 aromatic heterocycles. The number of hydrogen-bond acceptors (Lipinski definition) is 6. The van der Waals surface area contributed by atoms with Crippen LogP contribution in [-0.4, -0.2) is 40.9 Å². The van der Waals surface area contributed by atoms with E-state index < -0.39 is 4.92 Å². The summed E-state index contributed by atoms with van der Waals surface area (Å²) in [6, 6.07) is 0. The predicted octanol–water partition coefficient (Wildman–Crippen LogP) is 1.51. The number of rotatable bonds is 7. The highest BCUT2D eigenvalue weighted by Gasteiger charge is 2.28. The van der Waals surface area contributed by atoms with Crippen LogP contribution in [0.15, 0.2) is 0 Å². The van der Waals surface area contributed by atoms with Gasteiger partial charge < -0.3 is 9.64 Å². The van der Waals surface area contributed by atoms with E-state index in [1.54, 1.807) is 16.5 Å². The number of anilines is 1. The molecule has 0 saturated carbocycles. The summed E-state index contributed by atoms with van der Waals surface area (Å²) in [6.07, 6.45) is 0.176. The average Bonchev–Trinajstić information content (AvgIpc) is 2.76. The Kier molecular flexibility index (Phi) is 5.48. The van der Waals surface area contributed by atoms with Crippen molar-refractivity contribution in [3.63, 3.8) is 0 Å². The van der Waals surface area contributed by atoms with Gasteiger partial charge in [-0.15, -0.1) is 0 Å². The van der Waals surface area contributed by atoms with Crippen LogP contribution in [0, 0.1) is 17.0 Å². The fraction of sp³-hybridized carbons (Fsp3) is 0.667. The summed E-state index contributed by atoms with van der Waals surface area (Å²) in [5, 5.41) is 15.4. The Morgan fingerprint density at radius 2 is 2.15 bits per heavy atom. The number of carbonyl (C=O) groups excluding carboxylic acids is 1. The van der Waals surface area contributed by atoms with Gasteiger partial charge in [0.05, 0.1) is 18.5 Å². The van der Waals surface area contributed by atoms with Gasteiger partial charge >= 0.3 is 11.7 Å². The average molecular weight is 284 g/mol. The van der Waals surface area contributed by atoms with Gasteiger partial charge in [0.15, 0.2) is 0 Å². The van der Waals surface area contributed by atoms with E-state index >= 15 is 0 Å². The number of aromatic nitrogens is 2. The number of hydrogen-bond donors (Lipinski definition) is 0. The summed E-state index contributed by atoms with van der Waals surface area (Å²) < 4.78 is 6.19. The third-order valence-corrected chi connectivity index (χ3v) is 3.05. The minimum Gasteiger partial charge on any atom is -0.469 e. The van der Waals surface area contributed by atoms with E-state index in [1.807, 2.05) is 13.8 Å². The van der Waals surface area contributed by atoms with Crippen molar-refractivity contribution in [1.82, 2.24) is 9.78 Å². The molecule has 0 N–H and O–H groups in total. The lowest BCUT2D eigenvalue weighted by Gasteiger charge is -2.22. The quantitative estimate of drug-likeness (QED) is 0.428. The molecule has 1 aromatic rings. The lowest BCUT2D eigenvalue weighted by atomic mass is 10.3. The number of carbonyl (C=O) groups is 1. The molecule has 0 fully saturated rings. The van der Waals surface area contributed by atoms with Crippen LogP contribution in [0.3, 0.4) is 0 Å². The van der Waals surface area contributed by atoms with Crippen LogP contribution in [0.2, 0.25) is 0 Å². The summed E-state index contributed by atoms with van der Waals surface area (Å²) in [5.41, 5.74) is 0.377. The van der Waals surface area contributed by atoms with Gasteiger partial charge in [-0.1, -0.05) is 0 Å². The molecule has 0 aliphatic rings. The van der Waals surface area contributed by atoms with Crippen LogP contribution in [0.1, 0.15) is 26.0 Å². The zero-order chi connectivity index (χ0) is 15.3. The SMILES string of the molecule is CCN(CCC(=O)OC)c1c([N+](=O)[O-])c(C)nn1CC. The van der Waals surface area contributed by atoms with Crippen LogP contribution >= 0.6 is 0 Å². The summed E-state index contributed by atoms with van der Waals surface area (Å²) in [4.78, 5) is 23.8. The molecule has 8 nitrogen and oxygen atoms in total. The van der Waals surface area contributed by atoms with Crippen LogP contribution in [-0.2, 0) is 16.1 Å². The first-order valence-corrected chi connectivity index (χ1v) is 6.49. The van der Waals surface area contributed by atoms with Crippen LogP contribution in [0.4, 0.5) is 11.5 Å². The first-order chi connectivity index (χ1) is 9.46. The molecule has 20 heavy (non-hydrogen) atoms. The lowest BCUT2D eigenvalue weighted by molar-refractivity contribution is -0.384. The smallest absolute Gasteiger partial charge is 0.333 e. The minimum atomic E-state index is -0.426. The Balaban J connectivity index is 3.12. The predicted molar refractivity (Wildman–Crippen MR) is 73.8 cm³/mol. The van der Waals surface area contributed by atoms with E-state index in [0.717, 1.165) is 0 Å². The monoisotopic (exact) mass is 284 g/mol. The molecule has 8 heteroatoms. The third-order valence-electron chi connectivity index (χ3n) is 3.05. The largest absolute Gasteiger partial charge is 0.469 e. The second-order valence-electron chi connectivity index (χ2n) is 4.24. The second-order valence-corrected chi connectivity index (χ2v) is 4.24. The van der Waals surface area contributed by atoms with Gasteiger partial charge in [-0.2, -0.15) is 5.10 Å². The third kappa shape index (κ3) is 3.25. The molecule has 0 amide bonds. The van der Waals surface area contributed by atoms with Crippen LogP contribution < -0.4 is 4.90 Å². The van der Waals surface area contributed by atoms with Crippen LogP contribution in [0.5, 0.6) is 0 Å². The van der Waals surface area contributed by atoms with Crippen molar-refractivity contribution < 1.29 is 14.5 Å². The highest BCUT2D eigenvalue weighted by Crippen LogP contribution is 2.31. The van der Waals surface area contributed by atoms with Crippen molar-refractivity contribution >= 4 is 17.5 Å². The Labute approximate surface area is 117 Å². The van der Waals surface area contributed by atoms with Crippen molar-refractivity contribution in [2.24, 2.45) is 0 Å². The second kappa shape index (κ2) is 6.88. The zero-order valence-electron chi connectivity index (χ0n) is 12.3. The van der Waals surface area contributed by atoms with E-state index in [0.29, 0.717) is 31.1 Å². The van der Waals surface area contributed by atoms with Crippen molar-refractivity contribution in [3.8, 4) is 0 Å². The van der Waals surface area contributed by atoms with Gasteiger partial charge in [-0.25, -0.2) is 4.68 Å². The van der Waals surface area contributed by atoms with Crippen molar-refractivity contribution in [3.05, 3.63) is 15.8 Å². The minimum absolute atomic E-state index is 0.00133. The van der Waals surface area contributed by atoms with Gasteiger partial charge in [0.25, 0.3) is 0 Å². The van der Waals surface area contributed by atoms with Crippen LogP contribution in [0.25, 0.3) is 0 Å². The fourth-order valence-electron chi connectivity index (χ4n) is 2.05. The Morgan fingerprint density at radius 3 is 2.60 bits per heavy atom. The molecule has 0 aliphatic carbocycles. The van der Waals surface area contributed by atoms with E-state index in [1.165, 1.54) is 7.11 Å². The Bertz CT molecular complexity index is 498. The first-order valence-electron chi connectivity index (χ1n) is 6.49. The summed E-state index contributed by atoms with van der Waals surface area (Å²) in [5.74, 6) is 0.104. The number of ether oxygens (including phenoxy) is 1. The molecular formula is C12H20N4O4. The molecule has 112 valence electrons. The molecule has 0 bridgehead atoms. The van der Waals surface area contributed by atoms with Gasteiger partial charge in [0.2, 0.25) is 5.82 Å². The van der Waals surface area contributed by atoms with E-state index in [2.05, 4.69) is 9.84 Å². The van der Waals surface area contributed by atoms with Crippen molar-refractivity contribution in [2.45, 2.75) is 33.7 Å². The maximum absolute atomic E-state index is 11.2. The highest BCUT2D eigenvalue weighted by molar-refractivity contribution is 5.70. The Morgan fingerprint density at radius 1 is 1.50 bits per heavy atom. The maximum atomic E-state index is 11.2. The summed E-state index contributed by atoms with van der Waals surface area (Å²) >= 11 is 0. The Hall–Kier alpha value is -2.12. The fourth-order valence-corrected chi connectivity index (χ4v) is 2.05. The highest BCUT2D eigenvalue weighted by atomic mass is 16.6. The standard InChI is InChI=1S/C12H20N4O4/c1-5-14(8-7-10(17)20-4)12-11(16(18)19)9(3)13-15(12)6-2/h5-8H2,1-4H3. The van der Waals surface area contributed by atoms with E-state index in [9.17, 15) is 14.9 Å². The molecular weight excluding hydrogens is 264 g/mol. The number of esters is 1. The molecule has 0 unspecified atom stereocenters. The number of nitro groups is 1. The summed E-state index contributed by atoms with van der Waals surface area (Å²) in [6.45, 7) is 6.79. The molecule has 1 rings (SSSR count). The molecule has 0 aromatic carbocycles. The van der Waals surface area contributed by atoms with Gasteiger partial charge in [0.1, 0.15) is 5.69 Å². The van der Waals surface area contributed by atoms with Gasteiger partial charge in [-0.05, 0) is 20.8 Å². The molecule has 0 atom stereocenters. The van der Waals surface area contributed by atoms with E-state index in [-0.39, 0.29) is 18.1 Å². The molecule has 0 saturated heterocycles. The topological polar surface area (TPSA) is 90.5 Å². The van der Waals surface area contributed by atoms with E-state index in [4.69, 9.17) is 0 Å². The molecule has 0 spiro atoms. The van der Waals surface area contributed by atoms with Crippen molar-refractivity contribution in [2.75, 3.05) is 25.1 Å². The lowest BCUT2D eigenvalue weighted by Crippen LogP contribution is -2.29. The maximum Gasteiger partial charge on any atom is 0.333 e. The molecule has 1 heterocycles. The number of methoxy groups -OCH3 is 1.